The van der Waals surface area contributed by atoms with Gasteiger partial charge in [0.2, 0.25) is 0 Å². The SMILES string of the molecule is C[B]c1cccc2cccc(Br)c12. The summed E-state index contributed by atoms with van der Waals surface area (Å²) in [5.74, 6) is 0. The minimum Gasteiger partial charge on any atom is -0.0872 e. The van der Waals surface area contributed by atoms with Crippen molar-refractivity contribution in [2.45, 2.75) is 6.82 Å². The summed E-state index contributed by atoms with van der Waals surface area (Å²) in [4.78, 5) is 0. The summed E-state index contributed by atoms with van der Waals surface area (Å²) in [5, 5.41) is 2.58. The molecule has 0 amide bonds. The highest BCUT2D eigenvalue weighted by molar-refractivity contribution is 9.10. The summed E-state index contributed by atoms with van der Waals surface area (Å²) in [7, 11) is 2.13. The van der Waals surface area contributed by atoms with E-state index in [-0.39, 0.29) is 0 Å². The molecule has 0 saturated heterocycles. The minimum atomic E-state index is 1.17. The second-order valence-electron chi connectivity index (χ2n) is 2.97. The van der Waals surface area contributed by atoms with Gasteiger partial charge >= 0.3 is 0 Å². The Balaban J connectivity index is 2.87. The summed E-state index contributed by atoms with van der Waals surface area (Å²) in [6.07, 6.45) is 0. The van der Waals surface area contributed by atoms with Crippen LogP contribution in [-0.4, -0.2) is 7.28 Å². The summed E-state index contributed by atoms with van der Waals surface area (Å²) in [5.41, 5.74) is 1.28. The van der Waals surface area contributed by atoms with Crippen molar-refractivity contribution in [2.75, 3.05) is 0 Å². The zero-order valence-electron chi connectivity index (χ0n) is 7.42. The minimum absolute atomic E-state index is 1.17. The van der Waals surface area contributed by atoms with E-state index >= 15 is 0 Å². The number of fused-ring (bicyclic) bond motifs is 1. The van der Waals surface area contributed by atoms with Crippen LogP contribution in [-0.2, 0) is 0 Å². The summed E-state index contributed by atoms with van der Waals surface area (Å²) < 4.78 is 1.17. The van der Waals surface area contributed by atoms with Crippen molar-refractivity contribution in [1.82, 2.24) is 0 Å². The van der Waals surface area contributed by atoms with Crippen LogP contribution in [0.4, 0.5) is 0 Å². The molecule has 0 aliphatic rings. The number of hydrogen-bond donors (Lipinski definition) is 0. The Morgan fingerprint density at radius 3 is 2.46 bits per heavy atom. The van der Waals surface area contributed by atoms with E-state index < -0.39 is 0 Å². The summed E-state index contributed by atoms with van der Waals surface area (Å²) in [6, 6.07) is 12.6. The zero-order chi connectivity index (χ0) is 9.26. The molecule has 0 saturated carbocycles. The Labute approximate surface area is 87.3 Å². The number of benzene rings is 2. The normalized spacial score (nSPS) is 10.3. The van der Waals surface area contributed by atoms with E-state index in [1.165, 1.54) is 20.7 Å². The first kappa shape index (κ1) is 8.83. The molecule has 63 valence electrons. The molecule has 1 radical (unpaired) electrons. The second kappa shape index (κ2) is 3.55. The lowest BCUT2D eigenvalue weighted by Crippen LogP contribution is -2.11. The molecule has 0 aromatic heterocycles. The van der Waals surface area contributed by atoms with E-state index in [1.807, 2.05) is 0 Å². The molecule has 0 unspecified atom stereocenters. The quantitative estimate of drug-likeness (QED) is 0.663. The lowest BCUT2D eigenvalue weighted by atomic mass is 9.71. The van der Waals surface area contributed by atoms with Gasteiger partial charge in [-0.25, -0.2) is 0 Å². The topological polar surface area (TPSA) is 0 Å². The van der Waals surface area contributed by atoms with Crippen molar-refractivity contribution in [1.29, 1.82) is 0 Å². The maximum Gasteiger partial charge on any atom is 0.149 e. The molecule has 2 rings (SSSR count). The van der Waals surface area contributed by atoms with Gasteiger partial charge in [-0.3, -0.25) is 0 Å². The molecule has 0 heterocycles. The Morgan fingerprint density at radius 1 is 1.08 bits per heavy atom. The van der Waals surface area contributed by atoms with E-state index in [4.69, 9.17) is 0 Å². The fourth-order valence-electron chi connectivity index (χ4n) is 1.56. The average molecular weight is 232 g/mol. The molecule has 0 N–H and O–H groups in total. The number of halogens is 1. The molecule has 0 nitrogen and oxygen atoms in total. The first-order valence-electron chi connectivity index (χ1n) is 4.29. The van der Waals surface area contributed by atoms with Crippen molar-refractivity contribution >= 4 is 39.4 Å². The van der Waals surface area contributed by atoms with Gasteiger partial charge in [0.05, 0.1) is 0 Å². The highest BCUT2D eigenvalue weighted by Crippen LogP contribution is 2.21. The van der Waals surface area contributed by atoms with Gasteiger partial charge in [0.1, 0.15) is 7.28 Å². The first-order valence-corrected chi connectivity index (χ1v) is 5.09. The highest BCUT2D eigenvalue weighted by Gasteiger charge is 2.01. The van der Waals surface area contributed by atoms with E-state index in [2.05, 4.69) is 66.4 Å². The zero-order valence-corrected chi connectivity index (χ0v) is 9.01. The van der Waals surface area contributed by atoms with Gasteiger partial charge in [-0.2, -0.15) is 0 Å². The molecule has 2 aromatic carbocycles. The van der Waals surface area contributed by atoms with Crippen molar-refractivity contribution in [3.05, 3.63) is 40.9 Å². The van der Waals surface area contributed by atoms with Crippen LogP contribution in [0.5, 0.6) is 0 Å². The Hall–Kier alpha value is -0.755. The van der Waals surface area contributed by atoms with Gasteiger partial charge in [-0.05, 0) is 16.8 Å². The Morgan fingerprint density at radius 2 is 1.77 bits per heavy atom. The summed E-state index contributed by atoms with van der Waals surface area (Å²) in [6.45, 7) is 2.06. The van der Waals surface area contributed by atoms with Gasteiger partial charge in [0.15, 0.2) is 0 Å². The van der Waals surface area contributed by atoms with Gasteiger partial charge in [0, 0.05) is 4.47 Å². The van der Waals surface area contributed by atoms with E-state index in [1.54, 1.807) is 0 Å². The lowest BCUT2D eigenvalue weighted by Gasteiger charge is -2.05. The molecular weight excluding hydrogens is 223 g/mol. The first-order chi connectivity index (χ1) is 6.33. The van der Waals surface area contributed by atoms with Crippen molar-refractivity contribution in [2.24, 2.45) is 0 Å². The van der Waals surface area contributed by atoms with Crippen LogP contribution < -0.4 is 5.46 Å². The predicted octanol–water partition coefficient (Wildman–Crippen LogP) is 2.98. The molecule has 2 aromatic rings. The lowest BCUT2D eigenvalue weighted by molar-refractivity contribution is 1.73. The van der Waals surface area contributed by atoms with Crippen LogP contribution in [0, 0.1) is 0 Å². The fraction of sp³-hybridized carbons (Fsp3) is 0.0909. The third-order valence-electron chi connectivity index (χ3n) is 2.20. The second-order valence-corrected chi connectivity index (χ2v) is 3.83. The molecule has 0 bridgehead atoms. The Bertz CT molecular complexity index is 432. The van der Waals surface area contributed by atoms with Crippen LogP contribution in [0.15, 0.2) is 40.9 Å². The highest BCUT2D eigenvalue weighted by atomic mass is 79.9. The molecular formula is C11H9BBr. The van der Waals surface area contributed by atoms with E-state index in [9.17, 15) is 0 Å². The van der Waals surface area contributed by atoms with Gasteiger partial charge < -0.3 is 0 Å². The molecule has 0 atom stereocenters. The van der Waals surface area contributed by atoms with Gasteiger partial charge in [-0.1, -0.05) is 58.5 Å². The largest absolute Gasteiger partial charge is 0.149 e. The van der Waals surface area contributed by atoms with Gasteiger partial charge in [0.25, 0.3) is 0 Å². The molecule has 0 spiro atoms. The molecule has 0 fully saturated rings. The maximum absolute atomic E-state index is 3.57. The van der Waals surface area contributed by atoms with Crippen molar-refractivity contribution in [3.8, 4) is 0 Å². The van der Waals surface area contributed by atoms with Crippen LogP contribution in [0.1, 0.15) is 0 Å². The van der Waals surface area contributed by atoms with E-state index in [0.29, 0.717) is 0 Å². The van der Waals surface area contributed by atoms with Crippen molar-refractivity contribution < 1.29 is 0 Å². The third kappa shape index (κ3) is 1.51. The van der Waals surface area contributed by atoms with Gasteiger partial charge in [-0.15, -0.1) is 0 Å². The van der Waals surface area contributed by atoms with Crippen molar-refractivity contribution in [3.63, 3.8) is 0 Å². The van der Waals surface area contributed by atoms with Crippen LogP contribution in [0.3, 0.4) is 0 Å². The van der Waals surface area contributed by atoms with E-state index in [0.717, 1.165) is 0 Å². The van der Waals surface area contributed by atoms with Crippen LogP contribution in [0.25, 0.3) is 10.8 Å². The smallest absolute Gasteiger partial charge is 0.0872 e. The fourth-order valence-corrected chi connectivity index (χ4v) is 2.17. The predicted molar refractivity (Wildman–Crippen MR) is 62.9 cm³/mol. The number of rotatable bonds is 1. The molecule has 2 heteroatoms. The van der Waals surface area contributed by atoms with Crippen LogP contribution in [0.2, 0.25) is 6.82 Å². The molecule has 13 heavy (non-hydrogen) atoms. The van der Waals surface area contributed by atoms with Crippen LogP contribution >= 0.6 is 15.9 Å². The average Bonchev–Trinajstić information content (AvgIpc) is 2.17. The monoisotopic (exact) mass is 231 g/mol. The maximum atomic E-state index is 3.57. The molecule has 0 aliphatic carbocycles. The number of hydrogen-bond acceptors (Lipinski definition) is 0. The molecule has 0 aliphatic heterocycles. The third-order valence-corrected chi connectivity index (χ3v) is 2.86. The standard InChI is InChI=1S/C11H9BBr/c1-12-9-6-2-4-8-5-3-7-10(13)11(8)9/h2-7H,1H3. The Kier molecular flexibility index (Phi) is 2.41. The summed E-state index contributed by atoms with van der Waals surface area (Å²) >= 11 is 3.57.